The van der Waals surface area contributed by atoms with Crippen LogP contribution >= 0.6 is 15.9 Å². The molecule has 0 radical (unpaired) electrons. The summed E-state index contributed by atoms with van der Waals surface area (Å²) in [5.74, 6) is -0.200. The molecule has 0 aliphatic carbocycles. The van der Waals surface area contributed by atoms with Gasteiger partial charge in [-0.3, -0.25) is 9.59 Å². The van der Waals surface area contributed by atoms with Crippen molar-refractivity contribution in [3.05, 3.63) is 34.3 Å². The molecule has 1 rings (SSSR count). The van der Waals surface area contributed by atoms with Crippen molar-refractivity contribution < 1.29 is 14.7 Å². The van der Waals surface area contributed by atoms with Crippen LogP contribution in [0.4, 0.5) is 0 Å². The summed E-state index contributed by atoms with van der Waals surface area (Å²) >= 11 is 3.30. The zero-order valence-electron chi connectivity index (χ0n) is 9.99. The Bertz CT molecular complexity index is 403. The van der Waals surface area contributed by atoms with Gasteiger partial charge in [-0.25, -0.2) is 0 Å². The maximum atomic E-state index is 11.8. The van der Waals surface area contributed by atoms with Gasteiger partial charge in [-0.2, -0.15) is 0 Å². The van der Waals surface area contributed by atoms with E-state index in [1.165, 1.54) is 0 Å². The van der Waals surface area contributed by atoms with Crippen molar-refractivity contribution in [2.45, 2.75) is 19.3 Å². The Morgan fingerprint density at radius 1 is 1.17 bits per heavy atom. The normalized spacial score (nSPS) is 10.1. The molecule has 4 nitrogen and oxygen atoms in total. The van der Waals surface area contributed by atoms with E-state index in [1.807, 2.05) is 0 Å². The Morgan fingerprint density at radius 3 is 2.44 bits per heavy atom. The third-order valence-corrected chi connectivity index (χ3v) is 2.93. The van der Waals surface area contributed by atoms with Crippen molar-refractivity contribution in [2.24, 2.45) is 0 Å². The van der Waals surface area contributed by atoms with Crippen molar-refractivity contribution in [3.8, 4) is 0 Å². The number of halogens is 1. The minimum absolute atomic E-state index is 0.0418. The Kier molecular flexibility index (Phi) is 6.60. The van der Waals surface area contributed by atoms with Crippen molar-refractivity contribution in [1.29, 1.82) is 0 Å². The predicted octanol–water partition coefficient (Wildman–Crippen LogP) is 1.91. The van der Waals surface area contributed by atoms with E-state index in [-0.39, 0.29) is 31.1 Å². The first-order chi connectivity index (χ1) is 8.63. The fourth-order valence-corrected chi connectivity index (χ4v) is 1.67. The molecule has 0 bridgehead atoms. The van der Waals surface area contributed by atoms with E-state index in [0.717, 1.165) is 4.47 Å². The van der Waals surface area contributed by atoms with E-state index in [0.29, 0.717) is 18.5 Å². The summed E-state index contributed by atoms with van der Waals surface area (Å²) in [6, 6.07) is 7.06. The van der Waals surface area contributed by atoms with Gasteiger partial charge in [0.2, 0.25) is 5.91 Å². The monoisotopic (exact) mass is 313 g/mol. The van der Waals surface area contributed by atoms with E-state index in [9.17, 15) is 9.59 Å². The maximum absolute atomic E-state index is 11.8. The number of carbonyl (C=O) groups excluding carboxylic acids is 2. The number of Topliss-reactive ketones (excluding diaryl/α,β-unsaturated/α-hetero) is 1. The van der Waals surface area contributed by atoms with Crippen LogP contribution in [0.5, 0.6) is 0 Å². The van der Waals surface area contributed by atoms with E-state index in [2.05, 4.69) is 21.2 Å². The lowest BCUT2D eigenvalue weighted by molar-refractivity contribution is -0.121. The SMILES string of the molecule is O=C(CCC(=O)c1ccc(Br)cc1)NCCCO. The van der Waals surface area contributed by atoms with Gasteiger partial charge >= 0.3 is 0 Å². The number of aliphatic hydroxyl groups excluding tert-OH is 1. The summed E-state index contributed by atoms with van der Waals surface area (Å²) in [5.41, 5.74) is 0.612. The summed E-state index contributed by atoms with van der Waals surface area (Å²) in [7, 11) is 0. The van der Waals surface area contributed by atoms with Crippen LogP contribution in [-0.4, -0.2) is 29.9 Å². The number of amides is 1. The van der Waals surface area contributed by atoms with E-state index < -0.39 is 0 Å². The molecule has 1 amide bonds. The minimum atomic E-state index is -0.158. The molecule has 1 aromatic carbocycles. The van der Waals surface area contributed by atoms with Crippen LogP contribution in [0, 0.1) is 0 Å². The van der Waals surface area contributed by atoms with Gasteiger partial charge in [0.1, 0.15) is 0 Å². The first-order valence-corrected chi connectivity index (χ1v) is 6.59. The summed E-state index contributed by atoms with van der Waals surface area (Å²) in [6.07, 6.45) is 0.916. The van der Waals surface area contributed by atoms with Crippen LogP contribution in [-0.2, 0) is 4.79 Å². The average Bonchev–Trinajstić information content (AvgIpc) is 2.37. The largest absolute Gasteiger partial charge is 0.396 e. The number of aliphatic hydroxyl groups is 1. The average molecular weight is 314 g/mol. The van der Waals surface area contributed by atoms with Crippen molar-refractivity contribution in [2.75, 3.05) is 13.2 Å². The van der Waals surface area contributed by atoms with Gasteiger partial charge in [-0.15, -0.1) is 0 Å². The molecule has 0 aromatic heterocycles. The fourth-order valence-electron chi connectivity index (χ4n) is 1.40. The number of ketones is 1. The molecule has 5 heteroatoms. The minimum Gasteiger partial charge on any atom is -0.396 e. The molecular weight excluding hydrogens is 298 g/mol. The number of rotatable bonds is 7. The number of hydrogen-bond donors (Lipinski definition) is 2. The van der Waals surface area contributed by atoms with Gasteiger partial charge in [0.05, 0.1) is 0 Å². The maximum Gasteiger partial charge on any atom is 0.220 e. The molecule has 0 heterocycles. The molecule has 0 atom stereocenters. The van der Waals surface area contributed by atoms with Crippen LogP contribution < -0.4 is 5.32 Å². The second-order valence-corrected chi connectivity index (χ2v) is 4.77. The highest BCUT2D eigenvalue weighted by atomic mass is 79.9. The van der Waals surface area contributed by atoms with Crippen molar-refractivity contribution in [1.82, 2.24) is 5.32 Å². The standard InChI is InChI=1S/C13H16BrNO3/c14-11-4-2-10(3-5-11)12(17)6-7-13(18)15-8-1-9-16/h2-5,16H,1,6-9H2,(H,15,18). The summed E-state index contributed by atoms with van der Waals surface area (Å²) in [6.45, 7) is 0.500. The molecule has 0 saturated heterocycles. The second-order valence-electron chi connectivity index (χ2n) is 3.86. The van der Waals surface area contributed by atoms with E-state index >= 15 is 0 Å². The number of nitrogens with one attached hydrogen (secondary N) is 1. The van der Waals surface area contributed by atoms with Gasteiger partial charge in [0, 0.05) is 36.0 Å². The number of hydrogen-bond acceptors (Lipinski definition) is 3. The Balaban J connectivity index is 2.32. The molecule has 0 fully saturated rings. The summed E-state index contributed by atoms with van der Waals surface area (Å²) in [5, 5.41) is 11.2. The molecular formula is C13H16BrNO3. The molecule has 0 saturated carbocycles. The van der Waals surface area contributed by atoms with Crippen LogP contribution in [0.25, 0.3) is 0 Å². The zero-order valence-corrected chi connectivity index (χ0v) is 11.6. The van der Waals surface area contributed by atoms with E-state index in [1.54, 1.807) is 24.3 Å². The smallest absolute Gasteiger partial charge is 0.220 e. The number of carbonyl (C=O) groups is 2. The Hall–Kier alpha value is -1.20. The Morgan fingerprint density at radius 2 is 1.83 bits per heavy atom. The quantitative estimate of drug-likeness (QED) is 0.597. The Labute approximate surface area is 115 Å². The lowest BCUT2D eigenvalue weighted by Gasteiger charge is -2.04. The fraction of sp³-hybridized carbons (Fsp3) is 0.385. The first-order valence-electron chi connectivity index (χ1n) is 5.80. The highest BCUT2D eigenvalue weighted by Crippen LogP contribution is 2.12. The molecule has 0 aliphatic rings. The molecule has 98 valence electrons. The van der Waals surface area contributed by atoms with E-state index in [4.69, 9.17) is 5.11 Å². The number of benzene rings is 1. The molecule has 1 aromatic rings. The third-order valence-electron chi connectivity index (χ3n) is 2.40. The van der Waals surface area contributed by atoms with Gasteiger partial charge in [0.25, 0.3) is 0 Å². The molecule has 2 N–H and O–H groups in total. The predicted molar refractivity (Wildman–Crippen MR) is 72.4 cm³/mol. The van der Waals surface area contributed by atoms with Crippen LogP contribution in [0.2, 0.25) is 0 Å². The highest BCUT2D eigenvalue weighted by Gasteiger charge is 2.08. The third kappa shape index (κ3) is 5.42. The summed E-state index contributed by atoms with van der Waals surface area (Å²) < 4.78 is 0.917. The van der Waals surface area contributed by atoms with Crippen LogP contribution in [0.15, 0.2) is 28.7 Å². The lowest BCUT2D eigenvalue weighted by Crippen LogP contribution is -2.25. The highest BCUT2D eigenvalue weighted by molar-refractivity contribution is 9.10. The van der Waals surface area contributed by atoms with Gasteiger partial charge in [-0.1, -0.05) is 28.1 Å². The lowest BCUT2D eigenvalue weighted by atomic mass is 10.1. The molecule has 0 spiro atoms. The second kappa shape index (κ2) is 8.00. The zero-order chi connectivity index (χ0) is 13.4. The molecule has 18 heavy (non-hydrogen) atoms. The first kappa shape index (κ1) is 14.9. The van der Waals surface area contributed by atoms with Crippen molar-refractivity contribution >= 4 is 27.6 Å². The summed E-state index contributed by atoms with van der Waals surface area (Å²) in [4.78, 5) is 23.1. The van der Waals surface area contributed by atoms with Crippen LogP contribution in [0.1, 0.15) is 29.6 Å². The van der Waals surface area contributed by atoms with Gasteiger partial charge in [-0.05, 0) is 18.6 Å². The topological polar surface area (TPSA) is 66.4 Å². The molecule has 0 unspecified atom stereocenters. The van der Waals surface area contributed by atoms with Crippen molar-refractivity contribution in [3.63, 3.8) is 0 Å². The molecule has 0 aliphatic heterocycles. The van der Waals surface area contributed by atoms with Crippen LogP contribution in [0.3, 0.4) is 0 Å². The van der Waals surface area contributed by atoms with Gasteiger partial charge < -0.3 is 10.4 Å². The van der Waals surface area contributed by atoms with Gasteiger partial charge in [0.15, 0.2) is 5.78 Å².